The van der Waals surface area contributed by atoms with Crippen LogP contribution in [-0.4, -0.2) is 38.2 Å². The summed E-state index contributed by atoms with van der Waals surface area (Å²) in [5.74, 6) is 0.866. The second-order valence-corrected chi connectivity index (χ2v) is 7.46. The molecule has 1 saturated heterocycles. The highest BCUT2D eigenvalue weighted by Crippen LogP contribution is 2.25. The number of halogens is 2. The van der Waals surface area contributed by atoms with Crippen molar-refractivity contribution in [1.82, 2.24) is 10.6 Å². The monoisotopic (exact) mass is 408 g/mol. The number of anilines is 1. The normalized spacial score (nSPS) is 15.7. The van der Waals surface area contributed by atoms with Gasteiger partial charge in [-0.15, -0.1) is 11.3 Å². The fourth-order valence-corrected chi connectivity index (χ4v) is 4.00. The minimum absolute atomic E-state index is 0.168. The Morgan fingerprint density at radius 3 is 2.71 bits per heavy atom. The van der Waals surface area contributed by atoms with Gasteiger partial charge in [0.15, 0.2) is 5.96 Å². The predicted molar refractivity (Wildman–Crippen MR) is 111 cm³/mol. The molecule has 1 aliphatic heterocycles. The number of thiophene rings is 1. The average molecular weight is 409 g/mol. The van der Waals surface area contributed by atoms with Gasteiger partial charge in [-0.2, -0.15) is 8.78 Å². The Hall–Kier alpha value is -2.35. The molecule has 2 N–H and O–H groups in total. The third-order valence-corrected chi connectivity index (χ3v) is 5.52. The largest absolute Gasteiger partial charge is 0.434 e. The number of nitrogens with one attached hydrogen (secondary N) is 2. The second-order valence-electron chi connectivity index (χ2n) is 6.54. The van der Waals surface area contributed by atoms with E-state index in [0.29, 0.717) is 17.6 Å². The van der Waals surface area contributed by atoms with Crippen molar-refractivity contribution in [1.29, 1.82) is 0 Å². The van der Waals surface area contributed by atoms with Crippen LogP contribution in [0.3, 0.4) is 0 Å². The van der Waals surface area contributed by atoms with Gasteiger partial charge in [-0.05, 0) is 43.3 Å². The molecule has 1 aromatic heterocycles. The fraction of sp³-hybridized carbons (Fsp3) is 0.450. The number of benzene rings is 1. The van der Waals surface area contributed by atoms with Crippen molar-refractivity contribution in [2.24, 2.45) is 4.99 Å². The van der Waals surface area contributed by atoms with Crippen molar-refractivity contribution < 1.29 is 13.5 Å². The van der Waals surface area contributed by atoms with Gasteiger partial charge in [-0.1, -0.05) is 18.2 Å². The first kappa shape index (κ1) is 20.4. The lowest BCUT2D eigenvalue weighted by atomic mass is 10.1. The molecular formula is C20H26F2N4OS. The summed E-state index contributed by atoms with van der Waals surface area (Å²) in [6.45, 7) is 2.17. The van der Waals surface area contributed by atoms with Gasteiger partial charge in [0.25, 0.3) is 0 Å². The first-order valence-electron chi connectivity index (χ1n) is 9.51. The zero-order valence-corrected chi connectivity index (χ0v) is 16.7. The smallest absolute Gasteiger partial charge is 0.387 e. The van der Waals surface area contributed by atoms with Crippen LogP contribution in [0.25, 0.3) is 0 Å². The lowest BCUT2D eigenvalue weighted by molar-refractivity contribution is -0.0504. The molecule has 1 aromatic carbocycles. The molecule has 2 aromatic rings. The van der Waals surface area contributed by atoms with E-state index in [-0.39, 0.29) is 12.3 Å². The molecule has 0 saturated carbocycles. The maximum Gasteiger partial charge on any atom is 0.387 e. The standard InChI is InChI=1S/C20H26F2N4OS/c1-2-23-20(24-14-15-6-3-4-7-17(15)27-19(21)22)25-16-9-11-26(12-10-16)18-8-5-13-28-18/h3-8,13,16,19H,2,9-12,14H2,1H3,(H2,23,24,25). The van der Waals surface area contributed by atoms with E-state index >= 15 is 0 Å². The summed E-state index contributed by atoms with van der Waals surface area (Å²) < 4.78 is 29.7. The molecule has 8 heteroatoms. The molecule has 2 heterocycles. The third kappa shape index (κ3) is 5.82. The van der Waals surface area contributed by atoms with Crippen LogP contribution in [0.1, 0.15) is 25.3 Å². The number of aliphatic imine (C=N–C) groups is 1. The Morgan fingerprint density at radius 1 is 1.25 bits per heavy atom. The number of nitrogens with zero attached hydrogens (tertiary/aromatic N) is 2. The number of rotatable bonds is 7. The lowest BCUT2D eigenvalue weighted by Gasteiger charge is -2.33. The van der Waals surface area contributed by atoms with E-state index in [1.165, 1.54) is 11.1 Å². The number of piperidine rings is 1. The average Bonchev–Trinajstić information content (AvgIpc) is 3.22. The summed E-state index contributed by atoms with van der Waals surface area (Å²) in [4.78, 5) is 6.98. The Labute approximate surface area is 168 Å². The molecule has 152 valence electrons. The summed E-state index contributed by atoms with van der Waals surface area (Å²) >= 11 is 1.77. The van der Waals surface area contributed by atoms with Gasteiger partial charge in [-0.25, -0.2) is 4.99 Å². The highest BCUT2D eigenvalue weighted by Gasteiger charge is 2.20. The van der Waals surface area contributed by atoms with Crippen LogP contribution in [0.5, 0.6) is 5.75 Å². The minimum Gasteiger partial charge on any atom is -0.434 e. The van der Waals surface area contributed by atoms with Gasteiger partial charge >= 0.3 is 6.61 Å². The Morgan fingerprint density at radius 2 is 2.04 bits per heavy atom. The summed E-state index contributed by atoms with van der Waals surface area (Å²) in [5, 5.41) is 10.1. The first-order chi connectivity index (χ1) is 13.7. The molecular weight excluding hydrogens is 382 g/mol. The van der Waals surface area contributed by atoms with Crippen LogP contribution in [0.15, 0.2) is 46.8 Å². The summed E-state index contributed by atoms with van der Waals surface area (Å²) in [6.07, 6.45) is 2.04. The minimum atomic E-state index is -2.84. The third-order valence-electron chi connectivity index (χ3n) is 4.59. The number of hydrogen-bond acceptors (Lipinski definition) is 4. The van der Waals surface area contributed by atoms with Crippen molar-refractivity contribution in [2.45, 2.75) is 39.0 Å². The lowest BCUT2D eigenvalue weighted by Crippen LogP contribution is -2.48. The Kier molecular flexibility index (Phi) is 7.47. The number of hydrogen-bond donors (Lipinski definition) is 2. The first-order valence-corrected chi connectivity index (χ1v) is 10.4. The Bertz CT molecular complexity index is 746. The maximum atomic E-state index is 12.6. The molecule has 0 radical (unpaired) electrons. The van der Waals surface area contributed by atoms with Crippen molar-refractivity contribution in [3.8, 4) is 5.75 Å². The molecule has 0 bridgehead atoms. The van der Waals surface area contributed by atoms with Gasteiger partial charge in [0.2, 0.25) is 0 Å². The van der Waals surface area contributed by atoms with E-state index in [0.717, 1.165) is 32.5 Å². The van der Waals surface area contributed by atoms with E-state index < -0.39 is 6.61 Å². The molecule has 1 fully saturated rings. The van der Waals surface area contributed by atoms with Crippen molar-refractivity contribution in [3.05, 3.63) is 47.3 Å². The van der Waals surface area contributed by atoms with E-state index in [9.17, 15) is 8.78 Å². The predicted octanol–water partition coefficient (Wildman–Crippen LogP) is 4.07. The zero-order valence-electron chi connectivity index (χ0n) is 15.9. The number of ether oxygens (including phenoxy) is 1. The second kappa shape index (κ2) is 10.3. The molecule has 0 aliphatic carbocycles. The summed E-state index contributed by atoms with van der Waals surface area (Å²) in [6, 6.07) is 11.3. The molecule has 28 heavy (non-hydrogen) atoms. The van der Waals surface area contributed by atoms with Crippen molar-refractivity contribution in [3.63, 3.8) is 0 Å². The molecule has 1 aliphatic rings. The quantitative estimate of drug-likeness (QED) is 0.536. The van der Waals surface area contributed by atoms with Gasteiger partial charge in [-0.3, -0.25) is 0 Å². The van der Waals surface area contributed by atoms with Crippen LogP contribution in [0.2, 0.25) is 0 Å². The highest BCUT2D eigenvalue weighted by atomic mass is 32.1. The van der Waals surface area contributed by atoms with Crippen LogP contribution in [0.4, 0.5) is 13.8 Å². The van der Waals surface area contributed by atoms with Crippen LogP contribution in [-0.2, 0) is 6.54 Å². The molecule has 5 nitrogen and oxygen atoms in total. The maximum absolute atomic E-state index is 12.6. The number of para-hydroxylation sites is 1. The number of guanidine groups is 1. The van der Waals surface area contributed by atoms with Crippen LogP contribution in [0, 0.1) is 0 Å². The number of alkyl halides is 2. The van der Waals surface area contributed by atoms with Gasteiger partial charge in [0.1, 0.15) is 5.75 Å². The van der Waals surface area contributed by atoms with Crippen LogP contribution < -0.4 is 20.3 Å². The van der Waals surface area contributed by atoms with Crippen LogP contribution >= 0.6 is 11.3 Å². The molecule has 0 unspecified atom stereocenters. The van der Waals surface area contributed by atoms with Gasteiger partial charge < -0.3 is 20.3 Å². The van der Waals surface area contributed by atoms with E-state index in [1.807, 2.05) is 6.92 Å². The van der Waals surface area contributed by atoms with E-state index in [4.69, 9.17) is 0 Å². The zero-order chi connectivity index (χ0) is 19.8. The van der Waals surface area contributed by atoms with Gasteiger partial charge in [0.05, 0.1) is 11.5 Å². The van der Waals surface area contributed by atoms with E-state index in [2.05, 4.69) is 42.8 Å². The van der Waals surface area contributed by atoms with Crippen molar-refractivity contribution >= 4 is 22.3 Å². The Balaban J connectivity index is 1.58. The van der Waals surface area contributed by atoms with Gasteiger partial charge in [0, 0.05) is 31.2 Å². The molecule has 3 rings (SSSR count). The fourth-order valence-electron chi connectivity index (χ4n) is 3.22. The SMILES string of the molecule is CCNC(=NCc1ccccc1OC(F)F)NC1CCN(c2cccs2)CC1. The molecule has 0 spiro atoms. The van der Waals surface area contributed by atoms with E-state index in [1.54, 1.807) is 29.5 Å². The molecule has 0 amide bonds. The topological polar surface area (TPSA) is 48.9 Å². The van der Waals surface area contributed by atoms with Crippen molar-refractivity contribution in [2.75, 3.05) is 24.5 Å². The molecule has 0 atom stereocenters. The summed E-state index contributed by atoms with van der Waals surface area (Å²) in [7, 11) is 0. The highest BCUT2D eigenvalue weighted by molar-refractivity contribution is 7.14. The summed E-state index contributed by atoms with van der Waals surface area (Å²) in [5.41, 5.74) is 0.632.